The molecule has 1 aliphatic rings. The van der Waals surface area contributed by atoms with Crippen LogP contribution in [0.1, 0.15) is 24.1 Å². The molecule has 1 N–H and O–H groups in total. The first-order chi connectivity index (χ1) is 9.13. The molecule has 2 rings (SSSR count). The predicted molar refractivity (Wildman–Crippen MR) is 79.8 cm³/mol. The van der Waals surface area contributed by atoms with E-state index in [0.29, 0.717) is 0 Å². The van der Waals surface area contributed by atoms with E-state index in [1.807, 2.05) is 6.92 Å². The summed E-state index contributed by atoms with van der Waals surface area (Å²) in [6, 6.07) is 6.59. The predicted octanol–water partition coefficient (Wildman–Crippen LogP) is 2.63. The van der Waals surface area contributed by atoms with Crippen LogP contribution in [0.3, 0.4) is 0 Å². The number of halogens is 1. The number of hydrogen-bond donors (Lipinski definition) is 1. The van der Waals surface area contributed by atoms with Crippen molar-refractivity contribution in [3.05, 3.63) is 34.3 Å². The Bertz CT molecular complexity index is 425. The number of ether oxygens (including phenoxy) is 1. The molecular weight excluding hydrogens is 260 g/mol. The Morgan fingerprint density at radius 1 is 1.47 bits per heavy atom. The monoisotopic (exact) mass is 282 g/mol. The van der Waals surface area contributed by atoms with E-state index in [9.17, 15) is 0 Å². The van der Waals surface area contributed by atoms with Gasteiger partial charge in [-0.15, -0.1) is 0 Å². The fourth-order valence-electron chi connectivity index (χ4n) is 2.58. The summed E-state index contributed by atoms with van der Waals surface area (Å²) in [7, 11) is 2.15. The fraction of sp³-hybridized carbons (Fsp3) is 0.600. The number of nitrogens with zero attached hydrogens (tertiary/aromatic N) is 1. The van der Waals surface area contributed by atoms with E-state index in [1.54, 1.807) is 0 Å². The largest absolute Gasteiger partial charge is 0.374 e. The molecule has 0 aromatic heterocycles. The third-order valence-electron chi connectivity index (χ3n) is 3.74. The molecule has 1 heterocycles. The molecule has 0 saturated carbocycles. The average Bonchev–Trinajstić information content (AvgIpc) is 2.40. The zero-order valence-electron chi connectivity index (χ0n) is 11.9. The van der Waals surface area contributed by atoms with Crippen molar-refractivity contribution in [2.45, 2.75) is 26.0 Å². The van der Waals surface area contributed by atoms with E-state index in [-0.39, 0.29) is 12.1 Å². The van der Waals surface area contributed by atoms with Gasteiger partial charge in [0.25, 0.3) is 0 Å². The third kappa shape index (κ3) is 3.48. The summed E-state index contributed by atoms with van der Waals surface area (Å²) in [5.74, 6) is 0. The van der Waals surface area contributed by atoms with E-state index in [0.717, 1.165) is 36.8 Å². The summed E-state index contributed by atoms with van der Waals surface area (Å²) in [6.45, 7) is 7.73. The third-order valence-corrected chi connectivity index (χ3v) is 4.14. The summed E-state index contributed by atoms with van der Waals surface area (Å²) < 4.78 is 5.94. The lowest BCUT2D eigenvalue weighted by molar-refractivity contribution is -0.0611. The highest BCUT2D eigenvalue weighted by Gasteiger charge is 2.31. The van der Waals surface area contributed by atoms with Gasteiger partial charge in [-0.05, 0) is 37.7 Å². The lowest BCUT2D eigenvalue weighted by atomic mass is 9.97. The minimum absolute atomic E-state index is 0.178. The Balaban J connectivity index is 2.22. The van der Waals surface area contributed by atoms with E-state index < -0.39 is 0 Å². The SMILES string of the molecule is CCNCC1OCCN(C)C1c1ccc(C)c(Cl)c1. The van der Waals surface area contributed by atoms with Gasteiger partial charge in [-0.1, -0.05) is 30.7 Å². The fourth-order valence-corrected chi connectivity index (χ4v) is 2.77. The number of likely N-dealkylation sites (N-methyl/N-ethyl adjacent to an activating group) is 2. The van der Waals surface area contributed by atoms with Crippen molar-refractivity contribution < 1.29 is 4.74 Å². The van der Waals surface area contributed by atoms with Crippen LogP contribution in [0.4, 0.5) is 0 Å². The number of rotatable bonds is 4. The summed E-state index contributed by atoms with van der Waals surface area (Å²) >= 11 is 6.26. The number of nitrogens with one attached hydrogen (secondary N) is 1. The van der Waals surface area contributed by atoms with Crippen molar-refractivity contribution in [2.24, 2.45) is 0 Å². The molecule has 1 aromatic carbocycles. The summed E-state index contributed by atoms with van der Waals surface area (Å²) in [5, 5.41) is 4.21. The lowest BCUT2D eigenvalue weighted by Crippen LogP contribution is -2.47. The van der Waals surface area contributed by atoms with E-state index in [1.165, 1.54) is 5.56 Å². The molecule has 106 valence electrons. The van der Waals surface area contributed by atoms with Gasteiger partial charge < -0.3 is 10.1 Å². The average molecular weight is 283 g/mol. The van der Waals surface area contributed by atoms with Gasteiger partial charge in [-0.2, -0.15) is 0 Å². The standard InChI is InChI=1S/C15H23ClN2O/c1-4-17-10-14-15(18(3)7-8-19-14)12-6-5-11(2)13(16)9-12/h5-6,9,14-15,17H,4,7-8,10H2,1-3H3. The van der Waals surface area contributed by atoms with Crippen LogP contribution >= 0.6 is 11.6 Å². The van der Waals surface area contributed by atoms with Gasteiger partial charge >= 0.3 is 0 Å². The Morgan fingerprint density at radius 3 is 2.95 bits per heavy atom. The first-order valence-corrected chi connectivity index (χ1v) is 7.30. The van der Waals surface area contributed by atoms with Crippen molar-refractivity contribution in [3.8, 4) is 0 Å². The van der Waals surface area contributed by atoms with Crippen molar-refractivity contribution in [3.63, 3.8) is 0 Å². The minimum Gasteiger partial charge on any atom is -0.374 e. The second-order valence-corrected chi connectivity index (χ2v) is 5.56. The Labute approximate surface area is 120 Å². The Hall–Kier alpha value is -0.610. The highest BCUT2D eigenvalue weighted by molar-refractivity contribution is 6.31. The van der Waals surface area contributed by atoms with Gasteiger partial charge in [0.15, 0.2) is 0 Å². The molecule has 2 unspecified atom stereocenters. The first kappa shape index (κ1) is 14.8. The maximum Gasteiger partial charge on any atom is 0.0896 e. The van der Waals surface area contributed by atoms with Crippen LogP contribution in [-0.4, -0.2) is 44.3 Å². The lowest BCUT2D eigenvalue weighted by Gasteiger charge is -2.39. The van der Waals surface area contributed by atoms with Crippen LogP contribution in [0, 0.1) is 6.92 Å². The molecule has 1 saturated heterocycles. The topological polar surface area (TPSA) is 24.5 Å². The quantitative estimate of drug-likeness (QED) is 0.919. The van der Waals surface area contributed by atoms with E-state index in [4.69, 9.17) is 16.3 Å². The second-order valence-electron chi connectivity index (χ2n) is 5.15. The smallest absolute Gasteiger partial charge is 0.0896 e. The molecule has 0 amide bonds. The highest BCUT2D eigenvalue weighted by atomic mass is 35.5. The van der Waals surface area contributed by atoms with Crippen LogP contribution in [-0.2, 0) is 4.74 Å². The zero-order valence-corrected chi connectivity index (χ0v) is 12.7. The highest BCUT2D eigenvalue weighted by Crippen LogP contribution is 2.30. The van der Waals surface area contributed by atoms with Crippen LogP contribution in [0.25, 0.3) is 0 Å². The molecular formula is C15H23ClN2O. The first-order valence-electron chi connectivity index (χ1n) is 6.92. The molecule has 4 heteroatoms. The molecule has 1 fully saturated rings. The molecule has 3 nitrogen and oxygen atoms in total. The molecule has 0 spiro atoms. The van der Waals surface area contributed by atoms with Crippen molar-refractivity contribution in [1.82, 2.24) is 10.2 Å². The summed E-state index contributed by atoms with van der Waals surface area (Å²) in [5.41, 5.74) is 2.36. The second kappa shape index (κ2) is 6.71. The van der Waals surface area contributed by atoms with Gasteiger partial charge in [0.05, 0.1) is 18.8 Å². The zero-order chi connectivity index (χ0) is 13.8. The Morgan fingerprint density at radius 2 is 2.26 bits per heavy atom. The molecule has 19 heavy (non-hydrogen) atoms. The van der Waals surface area contributed by atoms with Crippen LogP contribution < -0.4 is 5.32 Å². The summed E-state index contributed by atoms with van der Waals surface area (Å²) in [6.07, 6.45) is 0.178. The van der Waals surface area contributed by atoms with Crippen molar-refractivity contribution in [2.75, 3.05) is 33.3 Å². The number of hydrogen-bond acceptors (Lipinski definition) is 3. The van der Waals surface area contributed by atoms with Crippen LogP contribution in [0.2, 0.25) is 5.02 Å². The van der Waals surface area contributed by atoms with Gasteiger partial charge in [0.1, 0.15) is 0 Å². The minimum atomic E-state index is 0.178. The number of morpholine rings is 1. The Kier molecular flexibility index (Phi) is 5.22. The molecule has 1 aliphatic heterocycles. The normalized spacial score (nSPS) is 24.6. The number of benzene rings is 1. The van der Waals surface area contributed by atoms with Gasteiger partial charge in [-0.3, -0.25) is 4.90 Å². The molecule has 0 bridgehead atoms. The molecule has 2 atom stereocenters. The van der Waals surface area contributed by atoms with Crippen LogP contribution in [0.15, 0.2) is 18.2 Å². The van der Waals surface area contributed by atoms with Crippen molar-refractivity contribution in [1.29, 1.82) is 0 Å². The van der Waals surface area contributed by atoms with Gasteiger partial charge in [0.2, 0.25) is 0 Å². The molecule has 1 aromatic rings. The molecule has 0 aliphatic carbocycles. The van der Waals surface area contributed by atoms with Gasteiger partial charge in [0, 0.05) is 18.1 Å². The number of aryl methyl sites for hydroxylation is 1. The van der Waals surface area contributed by atoms with Crippen molar-refractivity contribution >= 4 is 11.6 Å². The maximum atomic E-state index is 6.26. The van der Waals surface area contributed by atoms with Gasteiger partial charge in [-0.25, -0.2) is 0 Å². The van der Waals surface area contributed by atoms with E-state index >= 15 is 0 Å². The summed E-state index contributed by atoms with van der Waals surface area (Å²) in [4.78, 5) is 2.35. The van der Waals surface area contributed by atoms with E-state index in [2.05, 4.69) is 42.4 Å². The van der Waals surface area contributed by atoms with Crippen LogP contribution in [0.5, 0.6) is 0 Å². The maximum absolute atomic E-state index is 6.26. The molecule has 0 radical (unpaired) electrons.